The van der Waals surface area contributed by atoms with Gasteiger partial charge in [0.2, 0.25) is 0 Å². The summed E-state index contributed by atoms with van der Waals surface area (Å²) < 4.78 is 10.3. The summed E-state index contributed by atoms with van der Waals surface area (Å²) in [6.45, 7) is 0. The van der Waals surface area contributed by atoms with Crippen molar-refractivity contribution >= 4 is 12.1 Å². The smallest absolute Gasteiger partial charge is 0.196 e. The zero-order valence-corrected chi connectivity index (χ0v) is 11.3. The van der Waals surface area contributed by atoms with Gasteiger partial charge in [-0.15, -0.1) is 0 Å². The number of aldehydes is 1. The van der Waals surface area contributed by atoms with Gasteiger partial charge in [-0.25, -0.2) is 0 Å². The van der Waals surface area contributed by atoms with Crippen molar-refractivity contribution in [3.05, 3.63) is 59.2 Å². The van der Waals surface area contributed by atoms with Crippen LogP contribution in [0.5, 0.6) is 11.5 Å². The topological polar surface area (TPSA) is 52.6 Å². The first-order valence-electron chi connectivity index (χ1n) is 6.02. The molecule has 2 aromatic rings. The summed E-state index contributed by atoms with van der Waals surface area (Å²) in [5.74, 6) is 0.405. The Labute approximate surface area is 116 Å². The van der Waals surface area contributed by atoms with Crippen LogP contribution in [-0.2, 0) is 0 Å². The van der Waals surface area contributed by atoms with E-state index in [-0.39, 0.29) is 17.1 Å². The van der Waals surface area contributed by atoms with Crippen LogP contribution in [-0.4, -0.2) is 26.3 Å². The second-order valence-corrected chi connectivity index (χ2v) is 4.08. The van der Waals surface area contributed by atoms with Gasteiger partial charge in [-0.3, -0.25) is 9.59 Å². The summed E-state index contributed by atoms with van der Waals surface area (Å²) >= 11 is 0. The minimum Gasteiger partial charge on any atom is -0.496 e. The van der Waals surface area contributed by atoms with E-state index in [1.165, 1.54) is 14.2 Å². The summed E-state index contributed by atoms with van der Waals surface area (Å²) in [5.41, 5.74) is 1.10. The van der Waals surface area contributed by atoms with Gasteiger partial charge in [-0.2, -0.15) is 0 Å². The Morgan fingerprint density at radius 3 is 2.25 bits per heavy atom. The predicted octanol–water partition coefficient (Wildman–Crippen LogP) is 2.75. The zero-order valence-electron chi connectivity index (χ0n) is 11.3. The Kier molecular flexibility index (Phi) is 4.15. The average Bonchev–Trinajstić information content (AvgIpc) is 2.53. The standard InChI is InChI=1S/C16H14O4/c1-19-14-9-8-12(16(20-2)13(14)10-17)15(18)11-6-4-3-5-7-11/h3-10H,1-2H3. The SMILES string of the molecule is COc1ccc(C(=O)c2ccccc2)c(OC)c1C=O. The third-order valence-corrected chi connectivity index (χ3v) is 2.98. The summed E-state index contributed by atoms with van der Waals surface area (Å²) in [6, 6.07) is 12.0. The third-order valence-electron chi connectivity index (χ3n) is 2.98. The van der Waals surface area contributed by atoms with E-state index in [1.54, 1.807) is 36.4 Å². The van der Waals surface area contributed by atoms with Gasteiger partial charge < -0.3 is 9.47 Å². The molecule has 0 fully saturated rings. The van der Waals surface area contributed by atoms with Crippen molar-refractivity contribution in [3.8, 4) is 11.5 Å². The van der Waals surface area contributed by atoms with Gasteiger partial charge in [-0.05, 0) is 12.1 Å². The maximum atomic E-state index is 12.5. The van der Waals surface area contributed by atoms with E-state index in [0.29, 0.717) is 23.2 Å². The van der Waals surface area contributed by atoms with Gasteiger partial charge in [-0.1, -0.05) is 30.3 Å². The molecule has 0 bridgehead atoms. The van der Waals surface area contributed by atoms with E-state index in [2.05, 4.69) is 0 Å². The highest BCUT2D eigenvalue weighted by Crippen LogP contribution is 2.32. The molecule has 0 amide bonds. The number of carbonyl (C=O) groups is 2. The summed E-state index contributed by atoms with van der Waals surface area (Å²) in [6.07, 6.45) is 0.624. The lowest BCUT2D eigenvalue weighted by molar-refractivity contribution is 0.103. The van der Waals surface area contributed by atoms with Crippen molar-refractivity contribution in [3.63, 3.8) is 0 Å². The molecule has 102 valence electrons. The number of carbonyl (C=O) groups excluding carboxylic acids is 2. The molecular formula is C16H14O4. The number of ether oxygens (including phenoxy) is 2. The Balaban J connectivity index is 2.58. The molecule has 0 saturated carbocycles. The minimum atomic E-state index is -0.201. The number of methoxy groups -OCH3 is 2. The predicted molar refractivity (Wildman–Crippen MR) is 74.8 cm³/mol. The second-order valence-electron chi connectivity index (χ2n) is 4.08. The first kappa shape index (κ1) is 13.8. The van der Waals surface area contributed by atoms with Crippen LogP contribution in [0.1, 0.15) is 26.3 Å². The molecule has 0 radical (unpaired) electrons. The van der Waals surface area contributed by atoms with Crippen LogP contribution in [0.2, 0.25) is 0 Å². The Bertz CT molecular complexity index is 632. The lowest BCUT2D eigenvalue weighted by Crippen LogP contribution is -2.07. The first-order chi connectivity index (χ1) is 9.72. The van der Waals surface area contributed by atoms with Crippen LogP contribution in [0.15, 0.2) is 42.5 Å². The molecule has 0 aliphatic rings. The molecule has 0 spiro atoms. The summed E-state index contributed by atoms with van der Waals surface area (Å²) in [5, 5.41) is 0. The van der Waals surface area contributed by atoms with Crippen LogP contribution >= 0.6 is 0 Å². The highest BCUT2D eigenvalue weighted by Gasteiger charge is 2.20. The largest absolute Gasteiger partial charge is 0.496 e. The average molecular weight is 270 g/mol. The van der Waals surface area contributed by atoms with Crippen LogP contribution < -0.4 is 9.47 Å². The van der Waals surface area contributed by atoms with Crippen molar-refractivity contribution in [1.82, 2.24) is 0 Å². The van der Waals surface area contributed by atoms with Crippen molar-refractivity contribution in [2.75, 3.05) is 14.2 Å². The van der Waals surface area contributed by atoms with Gasteiger partial charge in [0.1, 0.15) is 11.5 Å². The van der Waals surface area contributed by atoms with Gasteiger partial charge in [0, 0.05) is 5.56 Å². The van der Waals surface area contributed by atoms with Gasteiger partial charge in [0.15, 0.2) is 12.1 Å². The zero-order chi connectivity index (χ0) is 14.5. The fraction of sp³-hybridized carbons (Fsp3) is 0.125. The molecule has 0 heterocycles. The first-order valence-corrected chi connectivity index (χ1v) is 6.02. The molecule has 4 nitrogen and oxygen atoms in total. The molecule has 0 aliphatic heterocycles. The van der Waals surface area contributed by atoms with Gasteiger partial charge >= 0.3 is 0 Å². The Morgan fingerprint density at radius 2 is 1.70 bits per heavy atom. The minimum absolute atomic E-state index is 0.201. The molecule has 0 N–H and O–H groups in total. The van der Waals surface area contributed by atoms with Crippen LogP contribution in [0.25, 0.3) is 0 Å². The number of benzene rings is 2. The molecule has 0 saturated heterocycles. The highest BCUT2D eigenvalue weighted by molar-refractivity contribution is 6.12. The lowest BCUT2D eigenvalue weighted by Gasteiger charge is -2.13. The molecule has 20 heavy (non-hydrogen) atoms. The van der Waals surface area contributed by atoms with Crippen LogP contribution in [0, 0.1) is 0 Å². The van der Waals surface area contributed by atoms with E-state index < -0.39 is 0 Å². The van der Waals surface area contributed by atoms with Crippen molar-refractivity contribution in [1.29, 1.82) is 0 Å². The molecule has 0 unspecified atom stereocenters. The van der Waals surface area contributed by atoms with E-state index >= 15 is 0 Å². The molecule has 2 rings (SSSR count). The maximum Gasteiger partial charge on any atom is 0.196 e. The number of hydrogen-bond donors (Lipinski definition) is 0. The number of hydrogen-bond acceptors (Lipinski definition) is 4. The summed E-state index contributed by atoms with van der Waals surface area (Å²) in [4.78, 5) is 23.7. The van der Waals surface area contributed by atoms with Gasteiger partial charge in [0.05, 0.1) is 25.3 Å². The molecule has 2 aromatic carbocycles. The molecule has 0 aliphatic carbocycles. The van der Waals surface area contributed by atoms with E-state index in [9.17, 15) is 9.59 Å². The fourth-order valence-corrected chi connectivity index (χ4v) is 2.01. The van der Waals surface area contributed by atoms with Crippen LogP contribution in [0.3, 0.4) is 0 Å². The normalized spacial score (nSPS) is 9.90. The molecular weight excluding hydrogens is 256 g/mol. The lowest BCUT2D eigenvalue weighted by atomic mass is 9.99. The van der Waals surface area contributed by atoms with Crippen molar-refractivity contribution in [2.24, 2.45) is 0 Å². The van der Waals surface area contributed by atoms with Crippen molar-refractivity contribution in [2.45, 2.75) is 0 Å². The Hall–Kier alpha value is -2.62. The number of rotatable bonds is 5. The van der Waals surface area contributed by atoms with E-state index in [0.717, 1.165) is 0 Å². The second kappa shape index (κ2) is 6.02. The number of ketones is 1. The molecule has 0 atom stereocenters. The van der Waals surface area contributed by atoms with Gasteiger partial charge in [0.25, 0.3) is 0 Å². The Morgan fingerprint density at radius 1 is 1.00 bits per heavy atom. The quantitative estimate of drug-likeness (QED) is 0.619. The molecule has 4 heteroatoms. The summed E-state index contributed by atoms with van der Waals surface area (Å²) in [7, 11) is 2.88. The van der Waals surface area contributed by atoms with Crippen LogP contribution in [0.4, 0.5) is 0 Å². The monoisotopic (exact) mass is 270 g/mol. The highest BCUT2D eigenvalue weighted by atomic mass is 16.5. The third kappa shape index (κ3) is 2.40. The van der Waals surface area contributed by atoms with E-state index in [4.69, 9.17) is 9.47 Å². The maximum absolute atomic E-state index is 12.5. The fourth-order valence-electron chi connectivity index (χ4n) is 2.01. The van der Waals surface area contributed by atoms with Crippen molar-refractivity contribution < 1.29 is 19.1 Å². The van der Waals surface area contributed by atoms with E-state index in [1.807, 2.05) is 6.07 Å². The molecule has 0 aromatic heterocycles.